The lowest BCUT2D eigenvalue weighted by Crippen LogP contribution is -2.43. The van der Waals surface area contributed by atoms with E-state index in [-0.39, 0.29) is 17.6 Å². The number of carbonyl (C=O) groups excluding carboxylic acids is 2. The van der Waals surface area contributed by atoms with Crippen molar-refractivity contribution in [2.24, 2.45) is 5.92 Å². The van der Waals surface area contributed by atoms with Crippen LogP contribution in [0.4, 0.5) is 0 Å². The van der Waals surface area contributed by atoms with Crippen molar-refractivity contribution in [3.05, 3.63) is 34.9 Å². The summed E-state index contributed by atoms with van der Waals surface area (Å²) in [6, 6.07) is 5.79. The van der Waals surface area contributed by atoms with Crippen molar-refractivity contribution in [1.82, 2.24) is 4.90 Å². The average Bonchev–Trinajstić information content (AvgIpc) is 2.35. The summed E-state index contributed by atoms with van der Waals surface area (Å²) >= 11 is 0. The largest absolute Gasteiger partial charge is 0.337 e. The highest BCUT2D eigenvalue weighted by molar-refractivity contribution is 5.97. The van der Waals surface area contributed by atoms with Gasteiger partial charge < -0.3 is 4.90 Å². The number of benzene rings is 1. The van der Waals surface area contributed by atoms with Crippen LogP contribution in [0.3, 0.4) is 0 Å². The Balaban J connectivity index is 2.22. The quantitative estimate of drug-likeness (QED) is 0.761. The van der Waals surface area contributed by atoms with Crippen molar-refractivity contribution in [3.8, 4) is 0 Å². The van der Waals surface area contributed by atoms with E-state index in [1.165, 1.54) is 0 Å². The first-order valence-corrected chi connectivity index (χ1v) is 6.39. The zero-order chi connectivity index (χ0) is 13.3. The summed E-state index contributed by atoms with van der Waals surface area (Å²) in [4.78, 5) is 25.7. The lowest BCUT2D eigenvalue weighted by molar-refractivity contribution is -0.124. The average molecular weight is 245 g/mol. The van der Waals surface area contributed by atoms with Crippen LogP contribution in [-0.4, -0.2) is 29.7 Å². The number of carbonyl (C=O) groups is 2. The van der Waals surface area contributed by atoms with Crippen LogP contribution in [0.2, 0.25) is 0 Å². The van der Waals surface area contributed by atoms with Crippen LogP contribution in [0, 0.1) is 19.8 Å². The minimum absolute atomic E-state index is 0.0344. The SMILES string of the molecule is Cc1cccc(C(=O)N2CCC(=O)C(C)C2)c1C. The van der Waals surface area contributed by atoms with E-state index in [9.17, 15) is 9.59 Å². The van der Waals surface area contributed by atoms with Gasteiger partial charge in [0, 0.05) is 31.0 Å². The first-order chi connectivity index (χ1) is 8.50. The van der Waals surface area contributed by atoms with Gasteiger partial charge in [-0.1, -0.05) is 19.1 Å². The summed E-state index contributed by atoms with van der Waals surface area (Å²) in [5, 5.41) is 0. The van der Waals surface area contributed by atoms with Crippen LogP contribution < -0.4 is 0 Å². The van der Waals surface area contributed by atoms with Gasteiger partial charge >= 0.3 is 0 Å². The summed E-state index contributed by atoms with van der Waals surface area (Å²) in [5.74, 6) is 0.281. The number of hydrogen-bond donors (Lipinski definition) is 0. The molecule has 1 saturated heterocycles. The van der Waals surface area contributed by atoms with Crippen LogP contribution in [0.25, 0.3) is 0 Å². The first kappa shape index (κ1) is 12.8. The lowest BCUT2D eigenvalue weighted by Gasteiger charge is -2.30. The summed E-state index contributed by atoms with van der Waals surface area (Å²) in [6.45, 7) is 6.97. The molecule has 0 N–H and O–H groups in total. The number of aryl methyl sites for hydroxylation is 1. The fraction of sp³-hybridized carbons (Fsp3) is 0.467. The summed E-state index contributed by atoms with van der Waals surface area (Å²) < 4.78 is 0. The molecule has 3 nitrogen and oxygen atoms in total. The molecule has 1 atom stereocenters. The summed E-state index contributed by atoms with van der Waals surface area (Å²) in [5.41, 5.74) is 2.92. The van der Waals surface area contributed by atoms with Gasteiger partial charge in [-0.2, -0.15) is 0 Å². The van der Waals surface area contributed by atoms with E-state index in [4.69, 9.17) is 0 Å². The van der Waals surface area contributed by atoms with E-state index < -0.39 is 0 Å². The zero-order valence-electron chi connectivity index (χ0n) is 11.2. The molecule has 1 aromatic carbocycles. The third kappa shape index (κ3) is 2.30. The van der Waals surface area contributed by atoms with Gasteiger partial charge in [-0.05, 0) is 31.0 Å². The second kappa shape index (κ2) is 4.92. The Morgan fingerprint density at radius 1 is 1.33 bits per heavy atom. The van der Waals surface area contributed by atoms with Crippen molar-refractivity contribution < 1.29 is 9.59 Å². The maximum absolute atomic E-state index is 12.4. The van der Waals surface area contributed by atoms with E-state index in [1.807, 2.05) is 39.0 Å². The molecule has 1 unspecified atom stereocenters. The fourth-order valence-corrected chi connectivity index (χ4v) is 2.35. The standard InChI is InChI=1S/C15H19NO2/c1-10-5-4-6-13(12(10)3)15(18)16-8-7-14(17)11(2)9-16/h4-6,11H,7-9H2,1-3H3. The normalized spacial score (nSPS) is 20.1. The van der Waals surface area contributed by atoms with Crippen molar-refractivity contribution >= 4 is 11.7 Å². The molecular weight excluding hydrogens is 226 g/mol. The van der Waals surface area contributed by atoms with Crippen molar-refractivity contribution in [3.63, 3.8) is 0 Å². The van der Waals surface area contributed by atoms with Crippen molar-refractivity contribution in [2.45, 2.75) is 27.2 Å². The third-order valence-electron chi connectivity index (χ3n) is 3.79. The van der Waals surface area contributed by atoms with E-state index >= 15 is 0 Å². The second-order valence-electron chi connectivity index (χ2n) is 5.12. The Morgan fingerprint density at radius 3 is 2.72 bits per heavy atom. The Morgan fingerprint density at radius 2 is 2.06 bits per heavy atom. The summed E-state index contributed by atoms with van der Waals surface area (Å²) in [7, 11) is 0. The lowest BCUT2D eigenvalue weighted by atomic mass is 9.96. The predicted octanol–water partition coefficient (Wildman–Crippen LogP) is 2.35. The molecule has 96 valence electrons. The van der Waals surface area contributed by atoms with Crippen LogP contribution in [0.5, 0.6) is 0 Å². The van der Waals surface area contributed by atoms with Gasteiger partial charge in [-0.3, -0.25) is 9.59 Å². The Hall–Kier alpha value is -1.64. The number of rotatable bonds is 1. The number of amides is 1. The Labute approximate surface area is 108 Å². The Bertz CT molecular complexity index is 493. The minimum Gasteiger partial charge on any atom is -0.337 e. The van der Waals surface area contributed by atoms with E-state index in [2.05, 4.69) is 0 Å². The van der Waals surface area contributed by atoms with E-state index in [0.29, 0.717) is 19.5 Å². The van der Waals surface area contributed by atoms with Gasteiger partial charge in [-0.25, -0.2) is 0 Å². The predicted molar refractivity (Wildman–Crippen MR) is 70.6 cm³/mol. The van der Waals surface area contributed by atoms with Crippen LogP contribution in [0.1, 0.15) is 34.8 Å². The van der Waals surface area contributed by atoms with Gasteiger partial charge in [0.05, 0.1) is 0 Å². The molecular formula is C15H19NO2. The van der Waals surface area contributed by atoms with Crippen molar-refractivity contribution in [1.29, 1.82) is 0 Å². The molecule has 18 heavy (non-hydrogen) atoms. The molecule has 1 fully saturated rings. The number of likely N-dealkylation sites (tertiary alicyclic amines) is 1. The molecule has 3 heteroatoms. The Kier molecular flexibility index (Phi) is 3.50. The number of piperidine rings is 1. The molecule has 0 radical (unpaired) electrons. The topological polar surface area (TPSA) is 37.4 Å². The van der Waals surface area contributed by atoms with Gasteiger partial charge in [0.25, 0.3) is 5.91 Å². The highest BCUT2D eigenvalue weighted by Crippen LogP contribution is 2.19. The fourth-order valence-electron chi connectivity index (χ4n) is 2.35. The second-order valence-corrected chi connectivity index (χ2v) is 5.12. The maximum atomic E-state index is 12.4. The molecule has 1 heterocycles. The molecule has 1 aromatic rings. The van der Waals surface area contributed by atoms with Gasteiger partial charge in [-0.15, -0.1) is 0 Å². The smallest absolute Gasteiger partial charge is 0.254 e. The molecule has 0 bridgehead atoms. The van der Waals surface area contributed by atoms with E-state index in [0.717, 1.165) is 16.7 Å². The molecule has 2 rings (SSSR count). The molecule has 1 aliphatic rings. The number of Topliss-reactive ketones (excluding diaryl/α,β-unsaturated/α-hetero) is 1. The monoisotopic (exact) mass is 245 g/mol. The zero-order valence-corrected chi connectivity index (χ0v) is 11.2. The molecule has 0 spiro atoms. The number of nitrogens with zero attached hydrogens (tertiary/aromatic N) is 1. The number of hydrogen-bond acceptors (Lipinski definition) is 2. The summed E-state index contributed by atoms with van der Waals surface area (Å²) in [6.07, 6.45) is 0.484. The van der Waals surface area contributed by atoms with Gasteiger partial charge in [0.15, 0.2) is 0 Å². The van der Waals surface area contributed by atoms with Crippen LogP contribution in [0.15, 0.2) is 18.2 Å². The maximum Gasteiger partial charge on any atom is 0.254 e. The molecule has 0 aliphatic carbocycles. The van der Waals surface area contributed by atoms with E-state index in [1.54, 1.807) is 4.90 Å². The van der Waals surface area contributed by atoms with Crippen LogP contribution in [-0.2, 0) is 4.79 Å². The minimum atomic E-state index is -0.0344. The van der Waals surface area contributed by atoms with Crippen LogP contribution >= 0.6 is 0 Å². The molecule has 0 saturated carbocycles. The molecule has 1 aliphatic heterocycles. The number of ketones is 1. The highest BCUT2D eigenvalue weighted by Gasteiger charge is 2.27. The van der Waals surface area contributed by atoms with Gasteiger partial charge in [0.1, 0.15) is 5.78 Å². The third-order valence-corrected chi connectivity index (χ3v) is 3.79. The first-order valence-electron chi connectivity index (χ1n) is 6.39. The van der Waals surface area contributed by atoms with Crippen molar-refractivity contribution in [2.75, 3.05) is 13.1 Å². The highest BCUT2D eigenvalue weighted by atomic mass is 16.2. The van der Waals surface area contributed by atoms with Gasteiger partial charge in [0.2, 0.25) is 0 Å². The molecule has 1 amide bonds. The molecule has 0 aromatic heterocycles.